The van der Waals surface area contributed by atoms with Crippen molar-refractivity contribution in [2.24, 2.45) is 0 Å². The zero-order chi connectivity index (χ0) is 12.3. The van der Waals surface area contributed by atoms with Crippen molar-refractivity contribution in [3.05, 3.63) is 28.8 Å². The van der Waals surface area contributed by atoms with Crippen LogP contribution >= 0.6 is 11.6 Å². The highest BCUT2D eigenvalue weighted by Gasteiger charge is 2.17. The summed E-state index contributed by atoms with van der Waals surface area (Å²) in [7, 11) is 0. The molecule has 1 saturated heterocycles. The maximum absolute atomic E-state index is 11.8. The third-order valence-corrected chi connectivity index (χ3v) is 3.02. The molecule has 1 fully saturated rings. The summed E-state index contributed by atoms with van der Waals surface area (Å²) in [5, 5.41) is 0.632. The van der Waals surface area contributed by atoms with Crippen molar-refractivity contribution in [2.45, 2.75) is 13.0 Å². The zero-order valence-electron chi connectivity index (χ0n) is 9.49. The minimum Gasteiger partial charge on any atom is -0.398 e. The van der Waals surface area contributed by atoms with Gasteiger partial charge >= 0.3 is 0 Å². The summed E-state index contributed by atoms with van der Waals surface area (Å²) < 4.78 is 5.27. The van der Waals surface area contributed by atoms with E-state index in [-0.39, 0.29) is 5.91 Å². The fraction of sp³-hybridized carbons (Fsp3) is 0.417. The molecule has 0 spiro atoms. The molecule has 0 atom stereocenters. The Balaban J connectivity index is 2.13. The van der Waals surface area contributed by atoms with Crippen LogP contribution in [0.25, 0.3) is 0 Å². The molecule has 4 nitrogen and oxygen atoms in total. The van der Waals surface area contributed by atoms with Crippen molar-refractivity contribution in [1.82, 2.24) is 4.90 Å². The van der Waals surface area contributed by atoms with E-state index < -0.39 is 0 Å². The molecule has 1 heterocycles. The average molecular weight is 255 g/mol. The van der Waals surface area contributed by atoms with Gasteiger partial charge in [-0.05, 0) is 23.8 Å². The summed E-state index contributed by atoms with van der Waals surface area (Å²) in [6.07, 6.45) is 0.431. The third kappa shape index (κ3) is 3.11. The Morgan fingerprint density at radius 2 is 2.24 bits per heavy atom. The molecule has 17 heavy (non-hydrogen) atoms. The standard InChI is InChI=1S/C12H15ClN2O2/c13-10-1-2-11(14)9(7-10)8-15-4-6-17-5-3-12(15)16/h1-2,7H,3-6,8,14H2. The summed E-state index contributed by atoms with van der Waals surface area (Å²) >= 11 is 5.92. The topological polar surface area (TPSA) is 55.6 Å². The lowest BCUT2D eigenvalue weighted by Crippen LogP contribution is -2.31. The third-order valence-electron chi connectivity index (χ3n) is 2.78. The van der Waals surface area contributed by atoms with Gasteiger partial charge in [-0.1, -0.05) is 11.6 Å². The number of halogens is 1. The number of benzene rings is 1. The number of carbonyl (C=O) groups excluding carboxylic acids is 1. The Kier molecular flexibility index (Phi) is 3.86. The van der Waals surface area contributed by atoms with Gasteiger partial charge in [-0.15, -0.1) is 0 Å². The number of hydrogen-bond acceptors (Lipinski definition) is 3. The van der Waals surface area contributed by atoms with Crippen LogP contribution in [0.5, 0.6) is 0 Å². The van der Waals surface area contributed by atoms with Crippen LogP contribution in [0.2, 0.25) is 5.02 Å². The van der Waals surface area contributed by atoms with Gasteiger partial charge in [-0.2, -0.15) is 0 Å². The fourth-order valence-electron chi connectivity index (χ4n) is 1.80. The Labute approximate surface area is 105 Å². The lowest BCUT2D eigenvalue weighted by atomic mass is 10.1. The van der Waals surface area contributed by atoms with Crippen LogP contribution in [-0.4, -0.2) is 30.6 Å². The first-order valence-corrected chi connectivity index (χ1v) is 5.94. The second kappa shape index (κ2) is 5.38. The highest BCUT2D eigenvalue weighted by atomic mass is 35.5. The van der Waals surface area contributed by atoms with Crippen LogP contribution in [0.15, 0.2) is 18.2 Å². The van der Waals surface area contributed by atoms with E-state index >= 15 is 0 Å². The molecule has 0 bridgehead atoms. The van der Waals surface area contributed by atoms with Crippen LogP contribution < -0.4 is 5.73 Å². The number of carbonyl (C=O) groups is 1. The van der Waals surface area contributed by atoms with Crippen LogP contribution in [0.3, 0.4) is 0 Å². The summed E-state index contributed by atoms with van der Waals surface area (Å²) in [6.45, 7) is 2.17. The lowest BCUT2D eigenvalue weighted by Gasteiger charge is -2.20. The number of ether oxygens (including phenoxy) is 1. The van der Waals surface area contributed by atoms with Gasteiger partial charge in [0, 0.05) is 23.8 Å². The van der Waals surface area contributed by atoms with Gasteiger partial charge in [0.1, 0.15) is 0 Å². The van der Waals surface area contributed by atoms with E-state index in [1.807, 2.05) is 0 Å². The number of anilines is 1. The minimum atomic E-state index is 0.0990. The highest BCUT2D eigenvalue weighted by molar-refractivity contribution is 6.30. The van der Waals surface area contributed by atoms with E-state index in [2.05, 4.69) is 0 Å². The Morgan fingerprint density at radius 1 is 1.41 bits per heavy atom. The van der Waals surface area contributed by atoms with E-state index in [9.17, 15) is 4.79 Å². The summed E-state index contributed by atoms with van der Waals surface area (Å²) in [5.41, 5.74) is 7.41. The monoisotopic (exact) mass is 254 g/mol. The van der Waals surface area contributed by atoms with Crippen molar-refractivity contribution in [1.29, 1.82) is 0 Å². The smallest absolute Gasteiger partial charge is 0.225 e. The molecule has 1 aliphatic heterocycles. The Hall–Kier alpha value is -1.26. The fourth-order valence-corrected chi connectivity index (χ4v) is 2.00. The predicted molar refractivity (Wildman–Crippen MR) is 66.7 cm³/mol. The first-order valence-electron chi connectivity index (χ1n) is 5.56. The van der Waals surface area contributed by atoms with E-state index in [1.54, 1.807) is 23.1 Å². The van der Waals surface area contributed by atoms with E-state index in [4.69, 9.17) is 22.1 Å². The first kappa shape index (κ1) is 12.2. The Morgan fingerprint density at radius 3 is 3.06 bits per heavy atom. The van der Waals surface area contributed by atoms with Crippen LogP contribution in [-0.2, 0) is 16.1 Å². The van der Waals surface area contributed by atoms with Gasteiger partial charge in [-0.3, -0.25) is 4.79 Å². The molecule has 2 N–H and O–H groups in total. The van der Waals surface area contributed by atoms with Crippen molar-refractivity contribution in [3.8, 4) is 0 Å². The van der Waals surface area contributed by atoms with Crippen molar-refractivity contribution in [3.63, 3.8) is 0 Å². The predicted octanol–water partition coefficient (Wildman–Crippen LogP) is 1.67. The summed E-state index contributed by atoms with van der Waals surface area (Å²) in [6, 6.07) is 5.31. The highest BCUT2D eigenvalue weighted by Crippen LogP contribution is 2.20. The molecule has 2 rings (SSSR count). The van der Waals surface area contributed by atoms with Crippen molar-refractivity contribution < 1.29 is 9.53 Å². The molecule has 1 aromatic rings. The largest absolute Gasteiger partial charge is 0.398 e. The van der Waals surface area contributed by atoms with Crippen molar-refractivity contribution in [2.75, 3.05) is 25.5 Å². The molecule has 0 radical (unpaired) electrons. The number of amides is 1. The molecule has 0 saturated carbocycles. The second-order valence-corrected chi connectivity index (χ2v) is 4.46. The van der Waals surface area contributed by atoms with Gasteiger partial charge in [0.15, 0.2) is 0 Å². The van der Waals surface area contributed by atoms with E-state index in [0.717, 1.165) is 5.56 Å². The first-order chi connectivity index (χ1) is 8.16. The molecule has 92 valence electrons. The normalized spacial score (nSPS) is 17.0. The average Bonchev–Trinajstić information content (AvgIpc) is 2.50. The Bertz CT molecular complexity index is 423. The molecular formula is C12H15ClN2O2. The second-order valence-electron chi connectivity index (χ2n) is 4.02. The summed E-state index contributed by atoms with van der Waals surface area (Å²) in [4.78, 5) is 13.5. The number of nitrogen functional groups attached to an aromatic ring is 1. The number of nitrogens with two attached hydrogens (primary N) is 1. The molecule has 5 heteroatoms. The van der Waals surface area contributed by atoms with E-state index in [0.29, 0.717) is 43.4 Å². The molecule has 1 aromatic carbocycles. The van der Waals surface area contributed by atoms with Crippen LogP contribution in [0, 0.1) is 0 Å². The zero-order valence-corrected chi connectivity index (χ0v) is 10.2. The number of nitrogens with zero attached hydrogens (tertiary/aromatic N) is 1. The number of hydrogen-bond donors (Lipinski definition) is 1. The van der Waals surface area contributed by atoms with Crippen molar-refractivity contribution >= 4 is 23.2 Å². The van der Waals surface area contributed by atoms with Gasteiger partial charge in [-0.25, -0.2) is 0 Å². The van der Waals surface area contributed by atoms with Gasteiger partial charge in [0.05, 0.1) is 19.6 Å². The lowest BCUT2D eigenvalue weighted by molar-refractivity contribution is -0.130. The SMILES string of the molecule is Nc1ccc(Cl)cc1CN1CCOCCC1=O. The molecule has 0 aromatic heterocycles. The molecular weight excluding hydrogens is 240 g/mol. The molecule has 0 unspecified atom stereocenters. The van der Waals surface area contributed by atoms with Gasteiger partial charge < -0.3 is 15.4 Å². The maximum Gasteiger partial charge on any atom is 0.225 e. The maximum atomic E-state index is 11.8. The summed E-state index contributed by atoms with van der Waals surface area (Å²) in [5.74, 6) is 0.0990. The number of rotatable bonds is 2. The molecule has 1 amide bonds. The minimum absolute atomic E-state index is 0.0990. The van der Waals surface area contributed by atoms with Crippen LogP contribution in [0.4, 0.5) is 5.69 Å². The van der Waals surface area contributed by atoms with E-state index in [1.165, 1.54) is 0 Å². The van der Waals surface area contributed by atoms with Gasteiger partial charge in [0.2, 0.25) is 5.91 Å². The quantitative estimate of drug-likeness (QED) is 0.817. The molecule has 1 aliphatic rings. The van der Waals surface area contributed by atoms with Crippen LogP contribution in [0.1, 0.15) is 12.0 Å². The molecule has 0 aliphatic carbocycles. The van der Waals surface area contributed by atoms with Gasteiger partial charge in [0.25, 0.3) is 0 Å².